The van der Waals surface area contributed by atoms with Gasteiger partial charge in [0.05, 0.1) is 12.4 Å². The van der Waals surface area contributed by atoms with Gasteiger partial charge < -0.3 is 36.9 Å². The van der Waals surface area contributed by atoms with Crippen molar-refractivity contribution in [2.24, 2.45) is 5.73 Å². The molecule has 0 aliphatic carbocycles. The maximum absolute atomic E-state index is 13.4. The van der Waals surface area contributed by atoms with Gasteiger partial charge in [0.25, 0.3) is 0 Å². The van der Waals surface area contributed by atoms with Crippen molar-refractivity contribution >= 4 is 23.7 Å². The van der Waals surface area contributed by atoms with E-state index in [0.717, 1.165) is 5.56 Å². The average molecular weight is 523 g/mol. The summed E-state index contributed by atoms with van der Waals surface area (Å²) in [4.78, 5) is 56.7. The number of aromatic hydroxyl groups is 1. The Labute approximate surface area is 218 Å². The van der Waals surface area contributed by atoms with E-state index in [4.69, 9.17) is 10.8 Å². The zero-order valence-corrected chi connectivity index (χ0v) is 20.5. The monoisotopic (exact) mass is 522 g/mol. The number of phenols is 1. The van der Waals surface area contributed by atoms with Crippen molar-refractivity contribution in [3.63, 3.8) is 0 Å². The molecule has 0 radical (unpaired) electrons. The molecule has 3 unspecified atom stereocenters. The van der Waals surface area contributed by atoms with Crippen molar-refractivity contribution < 1.29 is 29.4 Å². The average Bonchev–Trinajstić information content (AvgIpc) is 3.41. The predicted molar refractivity (Wildman–Crippen MR) is 137 cm³/mol. The fraction of sp³-hybridized carbons (Fsp3) is 0.269. The molecule has 8 N–H and O–H groups in total. The van der Waals surface area contributed by atoms with Crippen molar-refractivity contribution in [3.05, 3.63) is 83.9 Å². The first-order valence-electron chi connectivity index (χ1n) is 11.9. The summed E-state index contributed by atoms with van der Waals surface area (Å²) >= 11 is 0. The number of aromatic amines is 1. The normalized spacial score (nSPS) is 13.1. The van der Waals surface area contributed by atoms with Gasteiger partial charge in [-0.2, -0.15) is 0 Å². The van der Waals surface area contributed by atoms with Crippen LogP contribution in [-0.2, 0) is 38.4 Å². The van der Waals surface area contributed by atoms with Crippen LogP contribution in [0, 0.1) is 0 Å². The van der Waals surface area contributed by atoms with Crippen LogP contribution in [0.1, 0.15) is 16.8 Å². The summed E-state index contributed by atoms with van der Waals surface area (Å²) in [5.74, 6) is -3.15. The highest BCUT2D eigenvalue weighted by atomic mass is 16.4. The van der Waals surface area contributed by atoms with Gasteiger partial charge in [-0.25, -0.2) is 4.98 Å². The summed E-state index contributed by atoms with van der Waals surface area (Å²) < 4.78 is 0. The smallest absolute Gasteiger partial charge is 0.322 e. The molecule has 3 atom stereocenters. The SMILES string of the molecule is NC(Cc1ccccc1)C(=O)NC(Cc1ccc(O)cc1)C(=O)NC(Cc1cnc[nH]1)C(=O)NCC(=O)O. The van der Waals surface area contributed by atoms with Gasteiger partial charge in [-0.15, -0.1) is 0 Å². The third-order valence-electron chi connectivity index (χ3n) is 5.67. The largest absolute Gasteiger partial charge is 0.508 e. The molecule has 0 aliphatic heterocycles. The Morgan fingerprint density at radius 3 is 2.11 bits per heavy atom. The van der Waals surface area contributed by atoms with Crippen molar-refractivity contribution in [3.8, 4) is 5.75 Å². The number of amides is 3. The molecule has 0 aliphatic rings. The number of aliphatic carboxylic acids is 1. The Hall–Kier alpha value is -4.71. The van der Waals surface area contributed by atoms with Crippen LogP contribution in [0.3, 0.4) is 0 Å². The molecule has 2 aromatic carbocycles. The number of phenolic OH excluding ortho intramolecular Hbond substituents is 1. The van der Waals surface area contributed by atoms with Gasteiger partial charge in [-0.1, -0.05) is 42.5 Å². The molecule has 0 saturated carbocycles. The van der Waals surface area contributed by atoms with Crippen LogP contribution in [0.4, 0.5) is 0 Å². The summed E-state index contributed by atoms with van der Waals surface area (Å²) in [7, 11) is 0. The van der Waals surface area contributed by atoms with E-state index in [1.807, 2.05) is 30.3 Å². The molecule has 0 fully saturated rings. The van der Waals surface area contributed by atoms with E-state index >= 15 is 0 Å². The zero-order valence-electron chi connectivity index (χ0n) is 20.5. The number of carbonyl (C=O) groups excluding carboxylic acids is 3. The predicted octanol–water partition coefficient (Wildman–Crippen LogP) is -0.359. The molecular weight excluding hydrogens is 492 g/mol. The lowest BCUT2D eigenvalue weighted by Crippen LogP contribution is -2.57. The highest BCUT2D eigenvalue weighted by molar-refractivity contribution is 5.94. The fourth-order valence-corrected chi connectivity index (χ4v) is 3.70. The Morgan fingerprint density at radius 2 is 1.47 bits per heavy atom. The molecule has 3 amide bonds. The molecular formula is C26H30N6O6. The number of nitrogens with one attached hydrogen (secondary N) is 4. The van der Waals surface area contributed by atoms with Gasteiger partial charge in [0.1, 0.15) is 24.4 Å². The lowest BCUT2D eigenvalue weighted by molar-refractivity contribution is -0.138. The number of aromatic nitrogens is 2. The molecule has 12 heteroatoms. The third-order valence-corrected chi connectivity index (χ3v) is 5.67. The Morgan fingerprint density at radius 1 is 0.842 bits per heavy atom. The molecule has 0 bridgehead atoms. The summed E-state index contributed by atoms with van der Waals surface area (Å²) in [6, 6.07) is 12.1. The molecule has 38 heavy (non-hydrogen) atoms. The van der Waals surface area contributed by atoms with Crippen LogP contribution in [0.5, 0.6) is 5.75 Å². The van der Waals surface area contributed by atoms with Gasteiger partial charge >= 0.3 is 5.97 Å². The highest BCUT2D eigenvalue weighted by Gasteiger charge is 2.29. The summed E-state index contributed by atoms with van der Waals surface area (Å²) in [5, 5.41) is 26.0. The highest BCUT2D eigenvalue weighted by Crippen LogP contribution is 2.12. The number of H-pyrrole nitrogens is 1. The maximum Gasteiger partial charge on any atom is 0.322 e. The van der Waals surface area contributed by atoms with Crippen LogP contribution in [0.25, 0.3) is 0 Å². The molecule has 200 valence electrons. The fourth-order valence-electron chi connectivity index (χ4n) is 3.70. The number of carboxylic acid groups (broad SMARTS) is 1. The van der Waals surface area contributed by atoms with Crippen LogP contribution in [-0.4, -0.2) is 68.5 Å². The zero-order chi connectivity index (χ0) is 27.5. The second-order valence-corrected chi connectivity index (χ2v) is 8.68. The quantitative estimate of drug-likeness (QED) is 0.158. The third kappa shape index (κ3) is 8.75. The van der Waals surface area contributed by atoms with Crippen molar-refractivity contribution in [2.75, 3.05) is 6.54 Å². The summed E-state index contributed by atoms with van der Waals surface area (Å²) in [6.45, 7) is -0.629. The van der Waals surface area contributed by atoms with Gasteiger partial charge in [0.2, 0.25) is 17.7 Å². The molecule has 12 nitrogen and oxygen atoms in total. The van der Waals surface area contributed by atoms with Crippen LogP contribution >= 0.6 is 0 Å². The molecule has 1 heterocycles. The van der Waals surface area contributed by atoms with Gasteiger partial charge in [0.15, 0.2) is 0 Å². The number of nitrogens with two attached hydrogens (primary N) is 1. The Balaban J connectivity index is 1.77. The number of imidazole rings is 1. The minimum Gasteiger partial charge on any atom is -0.508 e. The molecule has 1 aromatic heterocycles. The van der Waals surface area contributed by atoms with Crippen LogP contribution < -0.4 is 21.7 Å². The lowest BCUT2D eigenvalue weighted by Gasteiger charge is -2.24. The Bertz CT molecular complexity index is 1220. The van der Waals surface area contributed by atoms with Crippen LogP contribution in [0.2, 0.25) is 0 Å². The van der Waals surface area contributed by atoms with E-state index in [-0.39, 0.29) is 25.0 Å². The first-order valence-corrected chi connectivity index (χ1v) is 11.9. The number of carbonyl (C=O) groups is 4. The number of carboxylic acids is 1. The van der Waals surface area contributed by atoms with E-state index < -0.39 is 48.4 Å². The molecule has 0 spiro atoms. The number of rotatable bonds is 13. The van der Waals surface area contributed by atoms with Crippen molar-refractivity contribution in [1.82, 2.24) is 25.9 Å². The maximum atomic E-state index is 13.4. The van der Waals surface area contributed by atoms with E-state index in [1.54, 1.807) is 12.1 Å². The standard InChI is InChI=1S/C26H30N6O6/c27-20(10-16-4-2-1-3-5-16)24(36)31-21(11-17-6-8-19(33)9-7-17)26(38)32-22(12-18-13-28-15-30-18)25(37)29-14-23(34)35/h1-9,13,15,20-22,33H,10-12,14,27H2,(H,28,30)(H,29,37)(H,31,36)(H,32,38)(H,34,35). The van der Waals surface area contributed by atoms with Gasteiger partial charge in [-0.3, -0.25) is 19.2 Å². The van der Waals surface area contributed by atoms with Crippen LogP contribution in [0.15, 0.2) is 67.1 Å². The first-order chi connectivity index (χ1) is 18.2. The van der Waals surface area contributed by atoms with E-state index in [2.05, 4.69) is 25.9 Å². The van der Waals surface area contributed by atoms with Gasteiger partial charge in [-0.05, 0) is 29.7 Å². The molecule has 3 rings (SSSR count). The molecule has 3 aromatic rings. The number of nitrogens with zero attached hydrogens (tertiary/aromatic N) is 1. The topological polar surface area (TPSA) is 200 Å². The second kappa shape index (κ2) is 13.6. The minimum atomic E-state index is -1.24. The molecule has 0 saturated heterocycles. The van der Waals surface area contributed by atoms with E-state index in [9.17, 15) is 24.3 Å². The number of benzene rings is 2. The minimum absolute atomic E-state index is 0.00455. The van der Waals surface area contributed by atoms with E-state index in [1.165, 1.54) is 24.7 Å². The number of hydrogen-bond donors (Lipinski definition) is 7. The lowest BCUT2D eigenvalue weighted by atomic mass is 10.0. The van der Waals surface area contributed by atoms with E-state index in [0.29, 0.717) is 11.3 Å². The van der Waals surface area contributed by atoms with Gasteiger partial charge in [0, 0.05) is 24.7 Å². The Kier molecular flexibility index (Phi) is 9.94. The van der Waals surface area contributed by atoms with Crippen molar-refractivity contribution in [1.29, 1.82) is 0 Å². The number of hydrogen-bond acceptors (Lipinski definition) is 7. The summed E-state index contributed by atoms with van der Waals surface area (Å²) in [6.07, 6.45) is 3.18. The summed E-state index contributed by atoms with van der Waals surface area (Å²) in [5.41, 5.74) is 8.13. The second-order valence-electron chi connectivity index (χ2n) is 8.68. The first kappa shape index (κ1) is 27.9. The van der Waals surface area contributed by atoms with Crippen molar-refractivity contribution in [2.45, 2.75) is 37.4 Å².